The molecule has 3 heteroatoms. The Labute approximate surface area is 50.3 Å². The molecule has 50 valence electrons. The molecule has 8 heavy (non-hydrogen) atoms. The fourth-order valence-corrected chi connectivity index (χ4v) is 0.0913. The average molecular weight is 117 g/mol. The molecule has 0 radical (unpaired) electrons. The minimum atomic E-state index is -0.431. The van der Waals surface area contributed by atoms with E-state index < -0.39 is 5.66 Å². The molecular formula is C5H13N2O-. The number of hydroxylamine groups is 1. The highest BCUT2D eigenvalue weighted by atomic mass is 16.5. The first-order valence-corrected chi connectivity index (χ1v) is 2.57. The van der Waals surface area contributed by atoms with Crippen LogP contribution in [0.5, 0.6) is 0 Å². The van der Waals surface area contributed by atoms with Gasteiger partial charge >= 0.3 is 0 Å². The van der Waals surface area contributed by atoms with Gasteiger partial charge in [0.2, 0.25) is 0 Å². The highest BCUT2D eigenvalue weighted by Crippen LogP contribution is 2.02. The Bertz CT molecular complexity index is 70.8. The lowest BCUT2D eigenvalue weighted by Crippen LogP contribution is -2.48. The first kappa shape index (κ1) is 7.88. The Morgan fingerprint density at radius 2 is 1.75 bits per heavy atom. The van der Waals surface area contributed by atoms with Crippen LogP contribution in [0.3, 0.4) is 0 Å². The first-order chi connectivity index (χ1) is 3.50. The number of hydrogen-bond donors (Lipinski definition) is 1. The molecule has 0 fully saturated rings. The Balaban J connectivity index is 3.71. The van der Waals surface area contributed by atoms with Gasteiger partial charge in [0.25, 0.3) is 0 Å². The molecule has 0 heterocycles. The zero-order chi connectivity index (χ0) is 6.78. The van der Waals surface area contributed by atoms with E-state index in [0.29, 0.717) is 0 Å². The molecule has 1 N–H and O–H groups in total. The maximum atomic E-state index is 10.1. The third-order valence-electron chi connectivity index (χ3n) is 1.37. The van der Waals surface area contributed by atoms with Crippen molar-refractivity contribution in [3.8, 4) is 0 Å². The molecule has 0 bridgehead atoms. The van der Waals surface area contributed by atoms with Crippen LogP contribution in [0.2, 0.25) is 0 Å². The Kier molecular flexibility index (Phi) is 2.40. The van der Waals surface area contributed by atoms with E-state index >= 15 is 0 Å². The van der Waals surface area contributed by atoms with Gasteiger partial charge in [0.05, 0.1) is 5.66 Å². The second-order valence-corrected chi connectivity index (χ2v) is 2.56. The molecule has 0 aliphatic heterocycles. The molecular weight excluding hydrogens is 104 g/mol. The van der Waals surface area contributed by atoms with Crippen LogP contribution in [-0.4, -0.2) is 24.7 Å². The molecule has 0 aromatic heterocycles. The van der Waals surface area contributed by atoms with Crippen molar-refractivity contribution in [2.45, 2.75) is 19.5 Å². The molecule has 0 aliphatic rings. The molecule has 0 amide bonds. The maximum absolute atomic E-state index is 10.1. The normalized spacial score (nSPS) is 12.8. The monoisotopic (exact) mass is 117 g/mol. The van der Waals surface area contributed by atoms with Gasteiger partial charge < -0.3 is 10.7 Å². The fraction of sp³-hybridized carbons (Fsp3) is 1.00. The average Bonchev–Trinajstić information content (AvgIpc) is 1.67. The first-order valence-electron chi connectivity index (χ1n) is 2.57. The van der Waals surface area contributed by atoms with Gasteiger partial charge in [0.15, 0.2) is 0 Å². The van der Waals surface area contributed by atoms with Gasteiger partial charge in [-0.25, -0.2) is 0 Å². The molecule has 0 aromatic carbocycles. The summed E-state index contributed by atoms with van der Waals surface area (Å²) < 4.78 is 0. The zero-order valence-corrected chi connectivity index (χ0v) is 5.86. The van der Waals surface area contributed by atoms with Crippen molar-refractivity contribution in [3.05, 3.63) is 5.21 Å². The van der Waals surface area contributed by atoms with E-state index in [1.807, 2.05) is 38.3 Å². The van der Waals surface area contributed by atoms with Crippen LogP contribution in [0.25, 0.3) is 0 Å². The van der Waals surface area contributed by atoms with Crippen molar-refractivity contribution in [2.75, 3.05) is 14.1 Å². The summed E-state index contributed by atoms with van der Waals surface area (Å²) in [5.41, 5.74) is 1.49. The van der Waals surface area contributed by atoms with Crippen LogP contribution in [0.15, 0.2) is 0 Å². The highest BCUT2D eigenvalue weighted by molar-refractivity contribution is 4.72. The van der Waals surface area contributed by atoms with E-state index in [2.05, 4.69) is 0 Å². The molecule has 0 saturated heterocycles. The molecule has 0 aromatic rings. The molecule has 0 saturated carbocycles. The number of hydrogen-bond acceptors (Lipinski definition) is 3. The van der Waals surface area contributed by atoms with Gasteiger partial charge in [-0.2, -0.15) is 0 Å². The fourth-order valence-electron chi connectivity index (χ4n) is 0.0913. The van der Waals surface area contributed by atoms with Crippen LogP contribution in [0.4, 0.5) is 0 Å². The van der Waals surface area contributed by atoms with Crippen LogP contribution < -0.4 is 5.48 Å². The van der Waals surface area contributed by atoms with E-state index in [-0.39, 0.29) is 0 Å². The maximum Gasteiger partial charge on any atom is 0.0535 e. The summed E-state index contributed by atoms with van der Waals surface area (Å²) in [7, 11) is 3.70. The van der Waals surface area contributed by atoms with Crippen molar-refractivity contribution < 1.29 is 0 Å². The Morgan fingerprint density at radius 1 is 1.38 bits per heavy atom. The van der Waals surface area contributed by atoms with Gasteiger partial charge in [0.1, 0.15) is 0 Å². The third kappa shape index (κ3) is 1.78. The Morgan fingerprint density at radius 3 is 1.75 bits per heavy atom. The highest BCUT2D eigenvalue weighted by Gasteiger charge is 2.12. The molecule has 0 rings (SSSR count). The minimum Gasteiger partial charge on any atom is -0.786 e. The van der Waals surface area contributed by atoms with Gasteiger partial charge in [-0.1, -0.05) is 0 Å². The lowest BCUT2D eigenvalue weighted by molar-refractivity contribution is 0.170. The van der Waals surface area contributed by atoms with Gasteiger partial charge in [-0.15, -0.1) is 0 Å². The van der Waals surface area contributed by atoms with E-state index in [9.17, 15) is 5.21 Å². The summed E-state index contributed by atoms with van der Waals surface area (Å²) in [5.74, 6) is 0. The second kappa shape index (κ2) is 2.44. The summed E-state index contributed by atoms with van der Waals surface area (Å²) in [4.78, 5) is 1.82. The quantitative estimate of drug-likeness (QED) is 0.419. The largest absolute Gasteiger partial charge is 0.786 e. The van der Waals surface area contributed by atoms with Crippen molar-refractivity contribution >= 4 is 0 Å². The topological polar surface area (TPSA) is 38.3 Å². The van der Waals surface area contributed by atoms with Crippen LogP contribution in [-0.2, 0) is 0 Å². The lowest BCUT2D eigenvalue weighted by atomic mass is 10.2. The van der Waals surface area contributed by atoms with E-state index in [0.717, 1.165) is 0 Å². The summed E-state index contributed by atoms with van der Waals surface area (Å²) in [5, 5.41) is 10.1. The number of nitrogens with zero attached hydrogens (tertiary/aromatic N) is 1. The third-order valence-corrected chi connectivity index (χ3v) is 1.37. The molecule has 0 unspecified atom stereocenters. The SMILES string of the molecule is CN(C)C(C)(C)N[O-]. The van der Waals surface area contributed by atoms with Crippen LogP contribution in [0.1, 0.15) is 13.8 Å². The van der Waals surface area contributed by atoms with E-state index in [1.165, 1.54) is 0 Å². The molecule has 0 spiro atoms. The van der Waals surface area contributed by atoms with Crippen LogP contribution in [0, 0.1) is 5.21 Å². The minimum absolute atomic E-state index is 0.431. The molecule has 0 atom stereocenters. The predicted molar refractivity (Wildman–Crippen MR) is 34.3 cm³/mol. The van der Waals surface area contributed by atoms with Gasteiger partial charge in [-0.05, 0) is 27.9 Å². The summed E-state index contributed by atoms with van der Waals surface area (Å²) in [6.07, 6.45) is 0. The summed E-state index contributed by atoms with van der Waals surface area (Å²) in [6, 6.07) is 0. The second-order valence-electron chi connectivity index (χ2n) is 2.56. The van der Waals surface area contributed by atoms with Gasteiger partial charge in [-0.3, -0.25) is 4.90 Å². The Hall–Kier alpha value is -0.120. The summed E-state index contributed by atoms with van der Waals surface area (Å²) >= 11 is 0. The predicted octanol–water partition coefficient (Wildman–Crippen LogP) is 0.371. The smallest absolute Gasteiger partial charge is 0.0535 e. The number of nitrogens with one attached hydrogen (secondary N) is 1. The van der Waals surface area contributed by atoms with Crippen molar-refractivity contribution in [1.29, 1.82) is 0 Å². The lowest BCUT2D eigenvalue weighted by Gasteiger charge is -2.36. The zero-order valence-electron chi connectivity index (χ0n) is 5.86. The van der Waals surface area contributed by atoms with Crippen molar-refractivity contribution in [2.24, 2.45) is 0 Å². The summed E-state index contributed by atoms with van der Waals surface area (Å²) in [6.45, 7) is 3.64. The van der Waals surface area contributed by atoms with Gasteiger partial charge in [0, 0.05) is 0 Å². The van der Waals surface area contributed by atoms with Crippen LogP contribution >= 0.6 is 0 Å². The van der Waals surface area contributed by atoms with Crippen molar-refractivity contribution in [1.82, 2.24) is 10.4 Å². The van der Waals surface area contributed by atoms with E-state index in [1.54, 1.807) is 0 Å². The van der Waals surface area contributed by atoms with Crippen molar-refractivity contribution in [3.63, 3.8) is 0 Å². The van der Waals surface area contributed by atoms with E-state index in [4.69, 9.17) is 0 Å². The molecule has 0 aliphatic carbocycles. The molecule has 3 nitrogen and oxygen atoms in total. The number of rotatable bonds is 2. The standard InChI is InChI=1S/C5H13N2O/c1-5(2,6-8)7(3)4/h6H,1-4H3/q-1.